The minimum atomic E-state index is -2.01. The Bertz CT molecular complexity index is 348. The van der Waals surface area contributed by atoms with Crippen LogP contribution in [0.5, 0.6) is 0 Å². The van der Waals surface area contributed by atoms with E-state index in [1.165, 1.54) is 32.1 Å². The number of nitrogens with one attached hydrogen (secondary N) is 1. The molecule has 0 aliphatic carbocycles. The molecule has 7 heteroatoms. The summed E-state index contributed by atoms with van der Waals surface area (Å²) in [6, 6.07) is -0.441. The van der Waals surface area contributed by atoms with E-state index in [0.29, 0.717) is 0 Å². The first-order valence-electron chi connectivity index (χ1n) is 8.47. The van der Waals surface area contributed by atoms with E-state index in [1.54, 1.807) is 13.2 Å². The Morgan fingerprint density at radius 3 is 2.25 bits per heavy atom. The van der Waals surface area contributed by atoms with Crippen molar-refractivity contribution in [2.75, 3.05) is 13.9 Å². The zero-order valence-electron chi connectivity index (χ0n) is 14.7. The maximum Gasteiger partial charge on any atom is 0.272 e. The van der Waals surface area contributed by atoms with Crippen LogP contribution in [0.2, 0.25) is 0 Å². The summed E-state index contributed by atoms with van der Waals surface area (Å²) in [5, 5.41) is 2.65. The molecule has 0 radical (unpaired) electrons. The zero-order valence-corrected chi connectivity index (χ0v) is 16.9. The van der Waals surface area contributed by atoms with Crippen molar-refractivity contribution < 1.29 is 14.3 Å². The predicted molar refractivity (Wildman–Crippen MR) is 102 cm³/mol. The molecule has 0 rings (SSSR count). The number of carbonyl (C=O) groups excluding carboxylic acids is 1. The molecule has 0 saturated heterocycles. The van der Waals surface area contributed by atoms with Crippen molar-refractivity contribution in [3.05, 3.63) is 12.7 Å². The average Bonchev–Trinajstić information content (AvgIpc) is 2.53. The fourth-order valence-corrected chi connectivity index (χ4v) is 2.53. The molecule has 0 aliphatic rings. The van der Waals surface area contributed by atoms with Gasteiger partial charge in [0.05, 0.1) is 12.1 Å². The van der Waals surface area contributed by atoms with Crippen LogP contribution in [-0.4, -0.2) is 35.7 Å². The average molecular weight is 403 g/mol. The fraction of sp³-hybridized carbons (Fsp3) is 0.824. The first-order valence-corrected chi connectivity index (χ1v) is 9.61. The van der Waals surface area contributed by atoms with E-state index in [4.69, 9.17) is 44.3 Å². The molecule has 0 heterocycles. The lowest BCUT2D eigenvalue weighted by Gasteiger charge is -2.27. The second-order valence-corrected chi connectivity index (χ2v) is 8.04. The molecule has 0 unspecified atom stereocenters. The standard InChI is InChI=1S/C17H30Cl3NO3/c1-4-6-7-8-9-10-11-12-15(24-13-23-3)14(5-2)21-16(22)17(18,19)20/h5,14-15H,2,4,6-13H2,1,3H3,(H,21,22)/t14-,15+/m0/s1. The molecule has 24 heavy (non-hydrogen) atoms. The first kappa shape index (κ1) is 24.0. The summed E-state index contributed by atoms with van der Waals surface area (Å²) >= 11 is 16.8. The normalized spacial score (nSPS) is 14.2. The summed E-state index contributed by atoms with van der Waals surface area (Å²) in [4.78, 5) is 11.8. The molecule has 0 bridgehead atoms. The molecule has 0 aromatic rings. The van der Waals surface area contributed by atoms with Crippen LogP contribution in [0.3, 0.4) is 0 Å². The maximum atomic E-state index is 11.8. The summed E-state index contributed by atoms with van der Waals surface area (Å²) < 4.78 is 8.62. The van der Waals surface area contributed by atoms with Gasteiger partial charge in [-0.1, -0.05) is 92.7 Å². The van der Waals surface area contributed by atoms with Crippen LogP contribution >= 0.6 is 34.8 Å². The van der Waals surface area contributed by atoms with E-state index in [0.717, 1.165) is 19.3 Å². The van der Waals surface area contributed by atoms with Crippen LogP contribution in [0.4, 0.5) is 0 Å². The number of unbranched alkanes of at least 4 members (excludes halogenated alkanes) is 6. The highest BCUT2D eigenvalue weighted by molar-refractivity contribution is 6.76. The first-order chi connectivity index (χ1) is 11.4. The van der Waals surface area contributed by atoms with Crippen LogP contribution in [0.25, 0.3) is 0 Å². The number of hydrogen-bond donors (Lipinski definition) is 1. The lowest BCUT2D eigenvalue weighted by Crippen LogP contribution is -2.47. The summed E-state index contributed by atoms with van der Waals surface area (Å²) in [7, 11) is 1.55. The Kier molecular flexibility index (Phi) is 14.2. The van der Waals surface area contributed by atoms with Gasteiger partial charge in [-0.05, 0) is 6.42 Å². The van der Waals surface area contributed by atoms with Gasteiger partial charge in [-0.3, -0.25) is 4.79 Å². The minimum absolute atomic E-state index is 0.134. The largest absolute Gasteiger partial charge is 0.359 e. The SMILES string of the molecule is C=C[C@H](NC(=O)C(Cl)(Cl)Cl)[C@@H](CCCCCCCCC)OCOC. The summed E-state index contributed by atoms with van der Waals surface area (Å²) in [5.74, 6) is -0.692. The van der Waals surface area contributed by atoms with Gasteiger partial charge >= 0.3 is 0 Å². The molecule has 142 valence electrons. The Balaban J connectivity index is 4.38. The van der Waals surface area contributed by atoms with Crippen molar-refractivity contribution in [2.24, 2.45) is 0 Å². The number of hydrogen-bond acceptors (Lipinski definition) is 3. The molecule has 0 aromatic heterocycles. The van der Waals surface area contributed by atoms with Gasteiger partial charge in [0.1, 0.15) is 6.79 Å². The van der Waals surface area contributed by atoms with E-state index in [-0.39, 0.29) is 12.9 Å². The quantitative estimate of drug-likeness (QED) is 0.189. The lowest BCUT2D eigenvalue weighted by atomic mass is 10.0. The lowest BCUT2D eigenvalue weighted by molar-refractivity contribution is -0.123. The van der Waals surface area contributed by atoms with E-state index in [1.807, 2.05) is 0 Å². The van der Waals surface area contributed by atoms with Crippen LogP contribution in [0.15, 0.2) is 12.7 Å². The number of amides is 1. The van der Waals surface area contributed by atoms with Crippen molar-refractivity contribution in [1.82, 2.24) is 5.32 Å². The van der Waals surface area contributed by atoms with Crippen molar-refractivity contribution in [3.63, 3.8) is 0 Å². The third-order valence-electron chi connectivity index (χ3n) is 3.70. The van der Waals surface area contributed by atoms with Crippen LogP contribution in [-0.2, 0) is 14.3 Å². The van der Waals surface area contributed by atoms with Crippen molar-refractivity contribution in [3.8, 4) is 0 Å². The highest BCUT2D eigenvalue weighted by Crippen LogP contribution is 2.26. The molecule has 0 spiro atoms. The van der Waals surface area contributed by atoms with Gasteiger partial charge in [0, 0.05) is 7.11 Å². The second-order valence-electron chi connectivity index (χ2n) is 5.75. The summed E-state index contributed by atoms with van der Waals surface area (Å²) in [6.07, 6.45) is 10.5. The Labute approximate surface area is 161 Å². The number of ether oxygens (including phenoxy) is 2. The van der Waals surface area contributed by atoms with E-state index < -0.39 is 15.7 Å². The van der Waals surface area contributed by atoms with E-state index in [2.05, 4.69) is 18.8 Å². The van der Waals surface area contributed by atoms with E-state index in [9.17, 15) is 4.79 Å². The number of rotatable bonds is 14. The Morgan fingerprint density at radius 1 is 1.17 bits per heavy atom. The maximum absolute atomic E-state index is 11.8. The Hall–Kier alpha value is -0.0000000000000000416. The number of methoxy groups -OCH3 is 1. The van der Waals surface area contributed by atoms with Gasteiger partial charge in [0.15, 0.2) is 0 Å². The molecule has 0 aromatic carbocycles. The van der Waals surface area contributed by atoms with Crippen molar-refractivity contribution >= 4 is 40.7 Å². The topological polar surface area (TPSA) is 47.6 Å². The van der Waals surface area contributed by atoms with E-state index >= 15 is 0 Å². The number of halogens is 3. The van der Waals surface area contributed by atoms with Crippen LogP contribution < -0.4 is 5.32 Å². The van der Waals surface area contributed by atoms with Gasteiger partial charge in [-0.2, -0.15) is 0 Å². The highest BCUT2D eigenvalue weighted by atomic mass is 35.6. The molecular formula is C17H30Cl3NO3. The fourth-order valence-electron chi connectivity index (χ4n) is 2.36. The molecule has 1 amide bonds. The Morgan fingerprint density at radius 2 is 1.75 bits per heavy atom. The smallest absolute Gasteiger partial charge is 0.272 e. The van der Waals surface area contributed by atoms with Gasteiger partial charge in [0.2, 0.25) is 0 Å². The molecular weight excluding hydrogens is 373 g/mol. The third-order valence-corrected chi connectivity index (χ3v) is 4.22. The van der Waals surface area contributed by atoms with Gasteiger partial charge in [-0.15, -0.1) is 6.58 Å². The molecule has 2 atom stereocenters. The second kappa shape index (κ2) is 14.2. The highest BCUT2D eigenvalue weighted by Gasteiger charge is 2.33. The van der Waals surface area contributed by atoms with Crippen molar-refractivity contribution in [1.29, 1.82) is 0 Å². The van der Waals surface area contributed by atoms with Gasteiger partial charge in [-0.25, -0.2) is 0 Å². The van der Waals surface area contributed by atoms with Crippen molar-refractivity contribution in [2.45, 2.75) is 74.2 Å². The molecule has 1 N–H and O–H groups in total. The summed E-state index contributed by atoms with van der Waals surface area (Å²) in [5.41, 5.74) is 0. The van der Waals surface area contributed by atoms with Crippen LogP contribution in [0.1, 0.15) is 58.3 Å². The molecule has 4 nitrogen and oxygen atoms in total. The number of carbonyl (C=O) groups is 1. The van der Waals surface area contributed by atoms with Gasteiger partial charge in [0.25, 0.3) is 9.70 Å². The molecule has 0 saturated carbocycles. The number of alkyl halides is 3. The minimum Gasteiger partial charge on any atom is -0.359 e. The monoisotopic (exact) mass is 401 g/mol. The third kappa shape index (κ3) is 11.5. The predicted octanol–water partition coefficient (Wildman–Crippen LogP) is 5.16. The van der Waals surface area contributed by atoms with Crippen LogP contribution in [0, 0.1) is 0 Å². The molecule has 0 aliphatic heterocycles. The summed E-state index contributed by atoms with van der Waals surface area (Å²) in [6.45, 7) is 6.08. The molecule has 0 fully saturated rings. The van der Waals surface area contributed by atoms with Gasteiger partial charge < -0.3 is 14.8 Å². The zero-order chi connectivity index (χ0) is 18.4.